The lowest BCUT2D eigenvalue weighted by molar-refractivity contribution is 0.193. The molecular formula is C23H26N8O. The number of amides is 2. The van der Waals surface area contributed by atoms with Crippen LogP contribution in [0.1, 0.15) is 32.9 Å². The average Bonchev–Trinajstić information content (AvgIpc) is 3.40. The first-order chi connectivity index (χ1) is 15.4. The van der Waals surface area contributed by atoms with Crippen LogP contribution >= 0.6 is 0 Å². The first kappa shape index (κ1) is 20.0. The van der Waals surface area contributed by atoms with Gasteiger partial charge in [-0.3, -0.25) is 0 Å². The van der Waals surface area contributed by atoms with Crippen LogP contribution in [0.5, 0.6) is 0 Å². The molecule has 0 unspecified atom stereocenters. The summed E-state index contributed by atoms with van der Waals surface area (Å²) < 4.78 is 1.95. The van der Waals surface area contributed by atoms with Crippen molar-refractivity contribution in [1.82, 2.24) is 34.6 Å². The quantitative estimate of drug-likeness (QED) is 0.457. The van der Waals surface area contributed by atoms with E-state index in [1.54, 1.807) is 12.7 Å². The van der Waals surface area contributed by atoms with Gasteiger partial charge in [0.25, 0.3) is 0 Å². The predicted octanol–water partition coefficient (Wildman–Crippen LogP) is 3.95. The summed E-state index contributed by atoms with van der Waals surface area (Å²) in [7, 11) is 0. The highest BCUT2D eigenvalue weighted by Gasteiger charge is 2.22. The van der Waals surface area contributed by atoms with E-state index in [-0.39, 0.29) is 11.6 Å². The van der Waals surface area contributed by atoms with Crippen molar-refractivity contribution in [3.05, 3.63) is 55.0 Å². The van der Waals surface area contributed by atoms with Crippen molar-refractivity contribution in [2.45, 2.75) is 32.7 Å². The molecule has 1 aliphatic heterocycles. The molecular weight excluding hydrogens is 404 g/mol. The monoisotopic (exact) mass is 430 g/mol. The van der Waals surface area contributed by atoms with Gasteiger partial charge in [-0.25, -0.2) is 19.7 Å². The van der Waals surface area contributed by atoms with Gasteiger partial charge >= 0.3 is 6.03 Å². The molecule has 5 rings (SSSR count). The first-order valence-corrected chi connectivity index (χ1v) is 10.6. The van der Waals surface area contributed by atoms with Gasteiger partial charge in [0.2, 0.25) is 0 Å². The molecule has 0 aromatic carbocycles. The number of imidazole rings is 1. The van der Waals surface area contributed by atoms with E-state index in [9.17, 15) is 4.79 Å². The number of nitrogens with zero attached hydrogens (tertiary/aromatic N) is 5. The van der Waals surface area contributed by atoms with Crippen molar-refractivity contribution in [3.8, 4) is 0 Å². The standard InChI is InChI=1S/C23H26N8O/c1-23(2,3)29-22(32)30-7-4-15(5-8-30)19-11-18-20(25-13-26-21(18)28-19)27-16-6-9-31-14-24-12-17(31)10-16/h4,6,9-14H,5,7-8H2,1-3H3,(H,29,32)(H2,25,26,27,28). The van der Waals surface area contributed by atoms with Gasteiger partial charge in [-0.1, -0.05) is 6.08 Å². The molecule has 32 heavy (non-hydrogen) atoms. The molecule has 1 aliphatic rings. The maximum Gasteiger partial charge on any atom is 0.318 e. The molecule has 9 heteroatoms. The van der Waals surface area contributed by atoms with Crippen molar-refractivity contribution in [1.29, 1.82) is 0 Å². The zero-order valence-electron chi connectivity index (χ0n) is 18.4. The Hall–Kier alpha value is -3.88. The van der Waals surface area contributed by atoms with Gasteiger partial charge < -0.3 is 24.9 Å². The van der Waals surface area contributed by atoms with Gasteiger partial charge in [0.15, 0.2) is 0 Å². The molecule has 4 aromatic rings. The van der Waals surface area contributed by atoms with Crippen LogP contribution in [0, 0.1) is 0 Å². The second-order valence-corrected chi connectivity index (χ2v) is 9.04. The van der Waals surface area contributed by atoms with Crippen molar-refractivity contribution >= 4 is 39.7 Å². The van der Waals surface area contributed by atoms with Gasteiger partial charge in [-0.15, -0.1) is 0 Å². The fourth-order valence-corrected chi connectivity index (χ4v) is 3.84. The van der Waals surface area contributed by atoms with Crippen LogP contribution in [0.2, 0.25) is 0 Å². The molecule has 0 radical (unpaired) electrons. The zero-order valence-corrected chi connectivity index (χ0v) is 18.4. The van der Waals surface area contributed by atoms with E-state index < -0.39 is 0 Å². The van der Waals surface area contributed by atoms with E-state index in [0.29, 0.717) is 13.1 Å². The Morgan fingerprint density at radius 1 is 1.22 bits per heavy atom. The summed E-state index contributed by atoms with van der Waals surface area (Å²) in [6, 6.07) is 6.05. The lowest BCUT2D eigenvalue weighted by atomic mass is 10.0. The number of carbonyl (C=O) groups is 1. The van der Waals surface area contributed by atoms with Crippen LogP contribution in [0.25, 0.3) is 22.1 Å². The number of carbonyl (C=O) groups excluding carboxylic acids is 1. The van der Waals surface area contributed by atoms with Crippen LogP contribution in [0.15, 0.2) is 49.3 Å². The summed E-state index contributed by atoms with van der Waals surface area (Å²) in [4.78, 5) is 30.7. The number of anilines is 2. The Labute approximate surface area is 185 Å². The van der Waals surface area contributed by atoms with Crippen LogP contribution < -0.4 is 10.6 Å². The van der Waals surface area contributed by atoms with Gasteiger partial charge in [-0.05, 0) is 51.0 Å². The van der Waals surface area contributed by atoms with E-state index >= 15 is 0 Å². The number of aromatic amines is 1. The molecule has 3 N–H and O–H groups in total. The van der Waals surface area contributed by atoms with Gasteiger partial charge in [0.05, 0.1) is 23.4 Å². The third kappa shape index (κ3) is 4.01. The molecule has 2 amide bonds. The lowest BCUT2D eigenvalue weighted by Gasteiger charge is -2.30. The Bertz CT molecular complexity index is 1330. The molecule has 0 spiro atoms. The minimum absolute atomic E-state index is 0.0306. The minimum Gasteiger partial charge on any atom is -0.339 e. The van der Waals surface area contributed by atoms with E-state index in [4.69, 9.17) is 0 Å². The smallest absolute Gasteiger partial charge is 0.318 e. The van der Waals surface area contributed by atoms with Crippen molar-refractivity contribution in [2.24, 2.45) is 0 Å². The highest BCUT2D eigenvalue weighted by Crippen LogP contribution is 2.29. The van der Waals surface area contributed by atoms with Crippen molar-refractivity contribution in [2.75, 3.05) is 18.4 Å². The first-order valence-electron chi connectivity index (χ1n) is 10.6. The fourth-order valence-electron chi connectivity index (χ4n) is 3.84. The molecule has 0 atom stereocenters. The number of pyridine rings is 1. The molecule has 4 aromatic heterocycles. The van der Waals surface area contributed by atoms with E-state index in [0.717, 1.165) is 40.2 Å². The number of H-pyrrole nitrogens is 1. The number of rotatable bonds is 3. The molecule has 0 bridgehead atoms. The maximum atomic E-state index is 12.4. The minimum atomic E-state index is -0.247. The third-order valence-corrected chi connectivity index (χ3v) is 5.43. The Kier molecular flexibility index (Phi) is 4.80. The van der Waals surface area contributed by atoms with Crippen molar-refractivity contribution < 1.29 is 4.79 Å². The maximum absolute atomic E-state index is 12.4. The molecule has 164 valence electrons. The highest BCUT2D eigenvalue weighted by atomic mass is 16.2. The van der Waals surface area contributed by atoms with E-state index in [1.807, 2.05) is 54.6 Å². The summed E-state index contributed by atoms with van der Waals surface area (Å²) in [5, 5.41) is 7.34. The Balaban J connectivity index is 1.37. The predicted molar refractivity (Wildman–Crippen MR) is 125 cm³/mol. The van der Waals surface area contributed by atoms with E-state index in [1.165, 1.54) is 5.57 Å². The molecule has 0 saturated carbocycles. The molecule has 0 aliphatic carbocycles. The number of hydrogen-bond acceptors (Lipinski definition) is 5. The number of aromatic nitrogens is 5. The van der Waals surface area contributed by atoms with Gasteiger partial charge in [-0.2, -0.15) is 0 Å². The van der Waals surface area contributed by atoms with Crippen LogP contribution in [0.3, 0.4) is 0 Å². The summed E-state index contributed by atoms with van der Waals surface area (Å²) in [5.41, 5.74) is 4.64. The number of urea groups is 1. The number of fused-ring (bicyclic) bond motifs is 2. The lowest BCUT2D eigenvalue weighted by Crippen LogP contribution is -2.49. The molecule has 5 heterocycles. The summed E-state index contributed by atoms with van der Waals surface area (Å²) >= 11 is 0. The number of nitrogens with one attached hydrogen (secondary N) is 3. The van der Waals surface area contributed by atoms with Crippen LogP contribution in [-0.2, 0) is 0 Å². The second-order valence-electron chi connectivity index (χ2n) is 9.04. The Morgan fingerprint density at radius 3 is 2.88 bits per heavy atom. The van der Waals surface area contributed by atoms with Gasteiger partial charge in [0, 0.05) is 36.2 Å². The third-order valence-electron chi connectivity index (χ3n) is 5.43. The SMILES string of the molecule is CC(C)(C)NC(=O)N1CC=C(c2cc3c(Nc4ccn5cncc5c4)ncnc3[nH]2)CC1. The molecule has 0 fully saturated rings. The Morgan fingerprint density at radius 2 is 2.09 bits per heavy atom. The van der Waals surface area contributed by atoms with Crippen molar-refractivity contribution in [3.63, 3.8) is 0 Å². The van der Waals surface area contributed by atoms with Gasteiger partial charge in [0.1, 0.15) is 17.8 Å². The second kappa shape index (κ2) is 7.67. The van der Waals surface area contributed by atoms with E-state index in [2.05, 4.69) is 42.7 Å². The summed E-state index contributed by atoms with van der Waals surface area (Å²) in [5.74, 6) is 0.740. The summed E-state index contributed by atoms with van der Waals surface area (Å²) in [6.07, 6.45) is 9.97. The van der Waals surface area contributed by atoms with Crippen LogP contribution in [-0.4, -0.2) is 53.9 Å². The fraction of sp³-hybridized carbons (Fsp3) is 0.304. The summed E-state index contributed by atoms with van der Waals surface area (Å²) in [6.45, 7) is 7.21. The number of hydrogen-bond donors (Lipinski definition) is 3. The topological polar surface area (TPSA) is 103 Å². The molecule has 9 nitrogen and oxygen atoms in total. The molecule has 0 saturated heterocycles. The zero-order chi connectivity index (χ0) is 22.3. The highest BCUT2D eigenvalue weighted by molar-refractivity contribution is 5.92. The largest absolute Gasteiger partial charge is 0.339 e. The van der Waals surface area contributed by atoms with Crippen LogP contribution in [0.4, 0.5) is 16.3 Å². The average molecular weight is 431 g/mol. The normalized spacial score (nSPS) is 14.6.